The fraction of sp³-hybridized carbons (Fsp3) is 0.476. The molecule has 2 amide bonds. The van der Waals surface area contributed by atoms with Crippen LogP contribution in [0.2, 0.25) is 5.02 Å². The van der Waals surface area contributed by atoms with E-state index in [4.69, 9.17) is 11.6 Å². The molecule has 1 aromatic heterocycles. The molecule has 2 atom stereocenters. The highest BCUT2D eigenvalue weighted by molar-refractivity contribution is 7.89. The molecule has 1 fully saturated rings. The Balaban J connectivity index is 1.64. The Labute approximate surface area is 197 Å². The maximum atomic E-state index is 14.5. The lowest BCUT2D eigenvalue weighted by molar-refractivity contribution is -0.121. The van der Waals surface area contributed by atoms with Gasteiger partial charge >= 0.3 is 0 Å². The Morgan fingerprint density at radius 3 is 2.73 bits per heavy atom. The highest BCUT2D eigenvalue weighted by Crippen LogP contribution is 2.27. The fourth-order valence-corrected chi connectivity index (χ4v) is 5.38. The van der Waals surface area contributed by atoms with Gasteiger partial charge in [0.05, 0.1) is 28.4 Å². The second-order valence-corrected chi connectivity index (χ2v) is 10.4. The first-order valence-electron chi connectivity index (χ1n) is 10.6. The lowest BCUT2D eigenvalue weighted by atomic mass is 9.87. The predicted octanol–water partition coefficient (Wildman–Crippen LogP) is 2.53. The summed E-state index contributed by atoms with van der Waals surface area (Å²) in [7, 11) is -2.13. The van der Waals surface area contributed by atoms with Crippen LogP contribution in [0.1, 0.15) is 49.4 Å². The number of hydrogen-bond donors (Lipinski definition) is 3. The van der Waals surface area contributed by atoms with Crippen LogP contribution in [0.25, 0.3) is 11.3 Å². The quantitative estimate of drug-likeness (QED) is 0.482. The molecule has 1 aromatic carbocycles. The molecular weight excluding hydrogens is 473 g/mol. The van der Waals surface area contributed by atoms with Crippen LogP contribution in [0, 0.1) is 11.7 Å². The van der Waals surface area contributed by atoms with E-state index in [1.807, 2.05) is 4.83 Å². The molecule has 2 unspecified atom stereocenters. The molecule has 9 nitrogen and oxygen atoms in total. The van der Waals surface area contributed by atoms with Crippen LogP contribution in [-0.2, 0) is 21.9 Å². The molecule has 1 saturated carbocycles. The first-order chi connectivity index (χ1) is 15.6. The lowest BCUT2D eigenvalue weighted by Gasteiger charge is -2.29. The summed E-state index contributed by atoms with van der Waals surface area (Å²) in [6, 6.07) is 2.54. The van der Waals surface area contributed by atoms with Crippen molar-refractivity contribution in [3.63, 3.8) is 0 Å². The van der Waals surface area contributed by atoms with E-state index in [9.17, 15) is 22.4 Å². The Morgan fingerprint density at radius 1 is 1.30 bits per heavy atom. The van der Waals surface area contributed by atoms with Crippen LogP contribution < -0.4 is 15.6 Å². The standard InChI is InChI=1S/C21H27ClFN5O4S/c1-3-19(29)25-15-6-4-5-13(7-15)11-33(31,32)27-26-21(30)16-8-14(9-17(22)20(16)23)18-10-28(2)12-24-18/h8-10,12-13,15,27H,3-7,11H2,1-2H3,(H,25,29)(H,26,30). The summed E-state index contributed by atoms with van der Waals surface area (Å²) >= 11 is 5.94. The van der Waals surface area contributed by atoms with E-state index in [0.29, 0.717) is 30.5 Å². The van der Waals surface area contributed by atoms with Crippen molar-refractivity contribution in [3.8, 4) is 11.3 Å². The van der Waals surface area contributed by atoms with Crippen molar-refractivity contribution in [1.29, 1.82) is 0 Å². The third-order valence-electron chi connectivity index (χ3n) is 5.52. The van der Waals surface area contributed by atoms with Crippen molar-refractivity contribution in [3.05, 3.63) is 41.1 Å². The van der Waals surface area contributed by atoms with Crippen LogP contribution in [0.4, 0.5) is 4.39 Å². The SMILES string of the molecule is CCC(=O)NC1CCCC(CS(=O)(=O)NNC(=O)c2cc(-c3cn(C)cn3)cc(Cl)c2F)C1. The number of hydrogen-bond acceptors (Lipinski definition) is 5. The van der Waals surface area contributed by atoms with Crippen molar-refractivity contribution in [2.45, 2.75) is 45.1 Å². The number of aryl methyl sites for hydroxylation is 1. The zero-order valence-electron chi connectivity index (χ0n) is 18.4. The molecule has 180 valence electrons. The number of hydrazine groups is 1. The molecule has 0 bridgehead atoms. The number of carbonyl (C=O) groups excluding carboxylic acids is 2. The fourth-order valence-electron chi connectivity index (χ4n) is 3.91. The Hall–Kier alpha value is -2.50. The third-order valence-corrected chi connectivity index (χ3v) is 7.12. The van der Waals surface area contributed by atoms with Gasteiger partial charge < -0.3 is 9.88 Å². The summed E-state index contributed by atoms with van der Waals surface area (Å²) in [6.07, 6.45) is 6.43. The van der Waals surface area contributed by atoms with E-state index in [1.54, 1.807) is 31.1 Å². The average Bonchev–Trinajstić information content (AvgIpc) is 3.20. The topological polar surface area (TPSA) is 122 Å². The number of aromatic nitrogens is 2. The molecule has 0 radical (unpaired) electrons. The molecule has 33 heavy (non-hydrogen) atoms. The van der Waals surface area contributed by atoms with E-state index in [-0.39, 0.29) is 28.6 Å². The van der Waals surface area contributed by atoms with Gasteiger partial charge in [-0.25, -0.2) is 17.8 Å². The van der Waals surface area contributed by atoms with Gasteiger partial charge in [-0.05, 0) is 37.3 Å². The van der Waals surface area contributed by atoms with Crippen LogP contribution >= 0.6 is 11.6 Å². The summed E-state index contributed by atoms with van der Waals surface area (Å²) in [5.41, 5.74) is 2.55. The second-order valence-electron chi connectivity index (χ2n) is 8.23. The van der Waals surface area contributed by atoms with Gasteiger partial charge in [0.2, 0.25) is 15.9 Å². The molecule has 3 N–H and O–H groups in total. The normalized spacial score (nSPS) is 18.7. The lowest BCUT2D eigenvalue weighted by Crippen LogP contribution is -2.45. The minimum atomic E-state index is -3.89. The van der Waals surface area contributed by atoms with Gasteiger partial charge in [-0.15, -0.1) is 4.83 Å². The van der Waals surface area contributed by atoms with Gasteiger partial charge in [-0.2, -0.15) is 0 Å². The smallest absolute Gasteiger partial charge is 0.269 e. The Morgan fingerprint density at radius 2 is 2.06 bits per heavy atom. The monoisotopic (exact) mass is 499 g/mol. The van der Waals surface area contributed by atoms with Crippen LogP contribution in [0.15, 0.2) is 24.7 Å². The van der Waals surface area contributed by atoms with Crippen molar-refractivity contribution in [2.24, 2.45) is 13.0 Å². The van der Waals surface area contributed by atoms with Gasteiger partial charge in [-0.1, -0.05) is 24.9 Å². The number of nitrogens with one attached hydrogen (secondary N) is 3. The summed E-state index contributed by atoms with van der Waals surface area (Å²) in [6.45, 7) is 1.76. The number of sulfonamides is 1. The van der Waals surface area contributed by atoms with Gasteiger partial charge in [0.25, 0.3) is 5.91 Å². The van der Waals surface area contributed by atoms with Crippen molar-refractivity contribution < 1.29 is 22.4 Å². The first kappa shape index (κ1) is 25.1. The molecule has 1 aliphatic carbocycles. The number of rotatable bonds is 8. The van der Waals surface area contributed by atoms with Crippen LogP contribution in [0.5, 0.6) is 0 Å². The summed E-state index contributed by atoms with van der Waals surface area (Å²) in [5.74, 6) is -2.40. The van der Waals surface area contributed by atoms with Gasteiger partial charge in [0, 0.05) is 31.3 Å². The maximum Gasteiger partial charge on any atom is 0.269 e. The number of imidazole rings is 1. The van der Waals surface area contributed by atoms with E-state index >= 15 is 0 Å². The zero-order valence-corrected chi connectivity index (χ0v) is 20.0. The number of benzene rings is 1. The molecule has 0 saturated heterocycles. The maximum absolute atomic E-state index is 14.5. The molecule has 2 aromatic rings. The molecule has 1 aliphatic rings. The number of halogens is 2. The van der Waals surface area contributed by atoms with Crippen molar-refractivity contribution >= 4 is 33.4 Å². The van der Waals surface area contributed by atoms with E-state index < -0.39 is 27.3 Å². The first-order valence-corrected chi connectivity index (χ1v) is 12.7. The summed E-state index contributed by atoms with van der Waals surface area (Å²) in [4.78, 5) is 30.3. The highest BCUT2D eigenvalue weighted by atomic mass is 35.5. The Kier molecular flexibility index (Phi) is 8.09. The Bertz CT molecular complexity index is 1140. The van der Waals surface area contributed by atoms with Crippen LogP contribution in [-0.4, -0.2) is 41.6 Å². The second kappa shape index (κ2) is 10.6. The number of carbonyl (C=O) groups is 2. The molecule has 1 heterocycles. The van der Waals surface area contributed by atoms with Crippen molar-refractivity contribution in [1.82, 2.24) is 25.1 Å². The average molecular weight is 500 g/mol. The largest absolute Gasteiger partial charge is 0.353 e. The zero-order chi connectivity index (χ0) is 24.2. The van der Waals surface area contributed by atoms with Gasteiger partial charge in [0.15, 0.2) is 5.82 Å². The summed E-state index contributed by atoms with van der Waals surface area (Å²) < 4.78 is 41.2. The van der Waals surface area contributed by atoms with E-state index in [1.165, 1.54) is 12.1 Å². The molecule has 0 aliphatic heterocycles. The van der Waals surface area contributed by atoms with Gasteiger partial charge in [-0.3, -0.25) is 15.0 Å². The molecular formula is C21H27ClFN5O4S. The highest BCUT2D eigenvalue weighted by Gasteiger charge is 2.28. The van der Waals surface area contributed by atoms with Crippen LogP contribution in [0.3, 0.4) is 0 Å². The summed E-state index contributed by atoms with van der Waals surface area (Å²) in [5, 5.41) is 2.62. The van der Waals surface area contributed by atoms with E-state index in [0.717, 1.165) is 12.8 Å². The molecule has 12 heteroatoms. The molecule has 0 spiro atoms. The van der Waals surface area contributed by atoms with Crippen molar-refractivity contribution in [2.75, 3.05) is 5.75 Å². The van der Waals surface area contributed by atoms with Gasteiger partial charge in [0.1, 0.15) is 0 Å². The number of nitrogens with zero attached hydrogens (tertiary/aromatic N) is 2. The van der Waals surface area contributed by atoms with E-state index in [2.05, 4.69) is 15.7 Å². The minimum absolute atomic E-state index is 0.0634. The predicted molar refractivity (Wildman–Crippen MR) is 122 cm³/mol. The minimum Gasteiger partial charge on any atom is -0.353 e. The molecule has 3 rings (SSSR count). The third kappa shape index (κ3) is 6.75. The number of amides is 2.